The van der Waals surface area contributed by atoms with E-state index in [4.69, 9.17) is 4.74 Å². The van der Waals surface area contributed by atoms with Crippen LogP contribution in [-0.2, 0) is 6.54 Å². The van der Waals surface area contributed by atoms with Gasteiger partial charge in [0.15, 0.2) is 0 Å². The molecule has 0 saturated carbocycles. The molecule has 90 valence electrons. The Morgan fingerprint density at radius 1 is 1.38 bits per heavy atom. The summed E-state index contributed by atoms with van der Waals surface area (Å²) in [5.74, 6) is 1.71. The van der Waals surface area contributed by atoms with Gasteiger partial charge < -0.3 is 10.1 Å². The largest absolute Gasteiger partial charge is 0.496 e. The van der Waals surface area contributed by atoms with E-state index < -0.39 is 0 Å². The van der Waals surface area contributed by atoms with Crippen molar-refractivity contribution in [2.24, 2.45) is 5.92 Å². The van der Waals surface area contributed by atoms with Crippen molar-refractivity contribution in [3.8, 4) is 5.75 Å². The molecule has 0 radical (unpaired) electrons. The van der Waals surface area contributed by atoms with Crippen LogP contribution in [0.15, 0.2) is 18.2 Å². The second-order valence-corrected chi connectivity index (χ2v) is 4.45. The highest BCUT2D eigenvalue weighted by Crippen LogP contribution is 2.18. The van der Waals surface area contributed by atoms with E-state index in [1.54, 1.807) is 7.11 Å². The molecule has 1 N–H and O–H groups in total. The molecule has 0 saturated heterocycles. The first kappa shape index (κ1) is 13.0. The second kappa shape index (κ2) is 6.54. The van der Waals surface area contributed by atoms with Gasteiger partial charge >= 0.3 is 0 Å². The van der Waals surface area contributed by atoms with E-state index in [0.717, 1.165) is 24.8 Å². The van der Waals surface area contributed by atoms with Crippen molar-refractivity contribution in [3.63, 3.8) is 0 Å². The zero-order valence-electron chi connectivity index (χ0n) is 10.8. The summed E-state index contributed by atoms with van der Waals surface area (Å²) in [6.07, 6.45) is 1.23. The highest BCUT2D eigenvalue weighted by Gasteiger charge is 2.01. The Labute approximate surface area is 99.0 Å². The predicted octanol–water partition coefficient (Wildman–Crippen LogP) is 3.14. The van der Waals surface area contributed by atoms with Crippen LogP contribution < -0.4 is 10.1 Å². The first-order valence-electron chi connectivity index (χ1n) is 6.01. The zero-order chi connectivity index (χ0) is 12.0. The molecule has 0 spiro atoms. The van der Waals surface area contributed by atoms with Crippen LogP contribution in [0.1, 0.15) is 31.4 Å². The maximum absolute atomic E-state index is 5.24. The molecule has 2 nitrogen and oxygen atoms in total. The highest BCUT2D eigenvalue weighted by molar-refractivity contribution is 5.36. The minimum Gasteiger partial charge on any atom is -0.496 e. The molecule has 0 aliphatic heterocycles. The third-order valence-corrected chi connectivity index (χ3v) is 2.98. The Balaban J connectivity index is 2.46. The van der Waals surface area contributed by atoms with Gasteiger partial charge in [0.05, 0.1) is 7.11 Å². The first-order chi connectivity index (χ1) is 7.67. The molecular formula is C14H23NO. The van der Waals surface area contributed by atoms with Gasteiger partial charge in [0.1, 0.15) is 5.75 Å². The Kier molecular flexibility index (Phi) is 5.33. The minimum absolute atomic E-state index is 0.749. The van der Waals surface area contributed by atoms with Gasteiger partial charge in [-0.15, -0.1) is 0 Å². The fourth-order valence-electron chi connectivity index (χ4n) is 1.66. The van der Waals surface area contributed by atoms with Crippen LogP contribution in [0.25, 0.3) is 0 Å². The van der Waals surface area contributed by atoms with Crippen LogP contribution in [0.4, 0.5) is 0 Å². The lowest BCUT2D eigenvalue weighted by atomic mass is 10.1. The Morgan fingerprint density at radius 3 is 2.69 bits per heavy atom. The lowest BCUT2D eigenvalue weighted by molar-refractivity contribution is 0.411. The summed E-state index contributed by atoms with van der Waals surface area (Å²) in [6, 6.07) is 6.34. The predicted molar refractivity (Wildman–Crippen MR) is 68.9 cm³/mol. The average molecular weight is 221 g/mol. The van der Waals surface area contributed by atoms with E-state index in [1.165, 1.54) is 17.5 Å². The van der Waals surface area contributed by atoms with Crippen LogP contribution in [0.3, 0.4) is 0 Å². The lowest BCUT2D eigenvalue weighted by Gasteiger charge is -2.11. The summed E-state index contributed by atoms with van der Waals surface area (Å²) in [5, 5.41) is 3.48. The normalized spacial score (nSPS) is 12.5. The van der Waals surface area contributed by atoms with Gasteiger partial charge in [-0.05, 0) is 36.6 Å². The molecular weight excluding hydrogens is 198 g/mol. The number of benzene rings is 1. The fraction of sp³-hybridized carbons (Fsp3) is 0.571. The topological polar surface area (TPSA) is 21.3 Å². The Morgan fingerprint density at radius 2 is 2.12 bits per heavy atom. The maximum atomic E-state index is 5.24. The van der Waals surface area contributed by atoms with Crippen molar-refractivity contribution in [1.82, 2.24) is 5.32 Å². The number of aryl methyl sites for hydroxylation is 1. The van der Waals surface area contributed by atoms with E-state index in [-0.39, 0.29) is 0 Å². The van der Waals surface area contributed by atoms with Crippen LogP contribution in [0.5, 0.6) is 5.75 Å². The summed E-state index contributed by atoms with van der Waals surface area (Å²) in [7, 11) is 1.71. The molecule has 0 amide bonds. The van der Waals surface area contributed by atoms with Crippen LogP contribution in [-0.4, -0.2) is 13.7 Å². The van der Waals surface area contributed by atoms with E-state index in [0.29, 0.717) is 0 Å². The highest BCUT2D eigenvalue weighted by atomic mass is 16.5. The summed E-state index contributed by atoms with van der Waals surface area (Å²) >= 11 is 0. The number of ether oxygens (including phenoxy) is 1. The van der Waals surface area contributed by atoms with Crippen LogP contribution in [0, 0.1) is 12.8 Å². The van der Waals surface area contributed by atoms with Gasteiger partial charge in [-0.25, -0.2) is 0 Å². The molecule has 1 rings (SSSR count). The number of hydrogen-bond donors (Lipinski definition) is 1. The third kappa shape index (κ3) is 3.86. The molecule has 2 heteroatoms. The van der Waals surface area contributed by atoms with Crippen molar-refractivity contribution in [1.29, 1.82) is 0 Å². The van der Waals surface area contributed by atoms with E-state index in [9.17, 15) is 0 Å². The monoisotopic (exact) mass is 221 g/mol. The van der Waals surface area contributed by atoms with Gasteiger partial charge in [0, 0.05) is 6.54 Å². The number of nitrogens with one attached hydrogen (secondary N) is 1. The quantitative estimate of drug-likeness (QED) is 0.797. The van der Waals surface area contributed by atoms with Gasteiger partial charge in [-0.2, -0.15) is 0 Å². The van der Waals surface area contributed by atoms with Crippen molar-refractivity contribution in [3.05, 3.63) is 29.3 Å². The van der Waals surface area contributed by atoms with Gasteiger partial charge in [0.2, 0.25) is 0 Å². The van der Waals surface area contributed by atoms with Crippen molar-refractivity contribution < 1.29 is 4.74 Å². The minimum atomic E-state index is 0.749. The van der Waals surface area contributed by atoms with Crippen LogP contribution in [0.2, 0.25) is 0 Å². The third-order valence-electron chi connectivity index (χ3n) is 2.98. The van der Waals surface area contributed by atoms with Crippen molar-refractivity contribution >= 4 is 0 Å². The van der Waals surface area contributed by atoms with Crippen molar-refractivity contribution in [2.75, 3.05) is 13.7 Å². The standard InChI is InChI=1S/C14H23NO/c1-5-11(2)9-15-10-13-6-7-14(16-4)12(3)8-13/h6-8,11,15H,5,9-10H2,1-4H3. The SMILES string of the molecule is CCC(C)CNCc1ccc(OC)c(C)c1. The van der Waals surface area contributed by atoms with E-state index in [1.807, 2.05) is 6.07 Å². The van der Waals surface area contributed by atoms with E-state index >= 15 is 0 Å². The molecule has 0 aliphatic rings. The molecule has 0 fully saturated rings. The molecule has 16 heavy (non-hydrogen) atoms. The average Bonchev–Trinajstić information content (AvgIpc) is 2.29. The molecule has 0 aromatic heterocycles. The number of hydrogen-bond acceptors (Lipinski definition) is 2. The molecule has 1 unspecified atom stereocenters. The summed E-state index contributed by atoms with van der Waals surface area (Å²) in [5.41, 5.74) is 2.52. The number of rotatable bonds is 6. The first-order valence-corrected chi connectivity index (χ1v) is 6.01. The zero-order valence-corrected chi connectivity index (χ0v) is 10.8. The molecule has 1 aromatic carbocycles. The lowest BCUT2D eigenvalue weighted by Crippen LogP contribution is -2.20. The molecule has 1 aromatic rings. The molecule has 1 atom stereocenters. The summed E-state index contributed by atoms with van der Waals surface area (Å²) in [4.78, 5) is 0. The van der Waals surface area contributed by atoms with Crippen molar-refractivity contribution in [2.45, 2.75) is 33.7 Å². The summed E-state index contributed by atoms with van der Waals surface area (Å²) in [6.45, 7) is 8.60. The second-order valence-electron chi connectivity index (χ2n) is 4.45. The Bertz CT molecular complexity index is 323. The van der Waals surface area contributed by atoms with Gasteiger partial charge in [0.25, 0.3) is 0 Å². The fourth-order valence-corrected chi connectivity index (χ4v) is 1.66. The maximum Gasteiger partial charge on any atom is 0.121 e. The van der Waals surface area contributed by atoms with Crippen LogP contribution >= 0.6 is 0 Å². The van der Waals surface area contributed by atoms with Gasteiger partial charge in [-0.1, -0.05) is 32.4 Å². The summed E-state index contributed by atoms with van der Waals surface area (Å²) < 4.78 is 5.24. The van der Waals surface area contributed by atoms with E-state index in [2.05, 4.69) is 38.2 Å². The molecule has 0 aliphatic carbocycles. The molecule has 0 bridgehead atoms. The molecule has 0 heterocycles. The van der Waals surface area contributed by atoms with Gasteiger partial charge in [-0.3, -0.25) is 0 Å². The number of methoxy groups -OCH3 is 1. The smallest absolute Gasteiger partial charge is 0.121 e. The Hall–Kier alpha value is -1.02.